The van der Waals surface area contributed by atoms with Gasteiger partial charge >= 0.3 is 12.1 Å². The topological polar surface area (TPSA) is 71.1 Å². The number of hydrogen-bond donors (Lipinski definition) is 0. The van der Waals surface area contributed by atoms with Crippen LogP contribution in [0.3, 0.4) is 0 Å². The van der Waals surface area contributed by atoms with Gasteiger partial charge in [-0.1, -0.05) is 24.3 Å². The van der Waals surface area contributed by atoms with Gasteiger partial charge in [0, 0.05) is 13.2 Å². The normalized spacial score (nSPS) is 9.86. The van der Waals surface area contributed by atoms with Crippen LogP contribution in [0.2, 0.25) is 0 Å². The summed E-state index contributed by atoms with van der Waals surface area (Å²) in [4.78, 5) is 23.2. The van der Waals surface area contributed by atoms with Crippen LogP contribution in [0, 0.1) is 0 Å². The maximum atomic E-state index is 11.9. The summed E-state index contributed by atoms with van der Waals surface area (Å²) in [6, 6.07) is 14.7. The molecular formula is C16H14O6. The van der Waals surface area contributed by atoms with E-state index in [1.165, 1.54) is 19.2 Å². The quantitative estimate of drug-likeness (QED) is 0.366. The van der Waals surface area contributed by atoms with Crippen molar-refractivity contribution >= 4 is 12.1 Å². The third kappa shape index (κ3) is 4.60. The number of ether oxygens (including phenoxy) is 4. The van der Waals surface area contributed by atoms with Crippen molar-refractivity contribution < 1.29 is 28.5 Å². The van der Waals surface area contributed by atoms with Crippen molar-refractivity contribution in [3.63, 3.8) is 0 Å². The Morgan fingerprint density at radius 3 is 2.27 bits per heavy atom. The lowest BCUT2D eigenvalue weighted by atomic mass is 10.2. The fraction of sp³-hybridized carbons (Fsp3) is 0.125. The maximum Gasteiger partial charge on any atom is 0.515 e. The average molecular weight is 302 g/mol. The highest BCUT2D eigenvalue weighted by molar-refractivity contribution is 5.91. The molecule has 0 aliphatic carbocycles. The van der Waals surface area contributed by atoms with Crippen LogP contribution in [0.4, 0.5) is 4.79 Å². The zero-order chi connectivity index (χ0) is 15.8. The van der Waals surface area contributed by atoms with Crippen LogP contribution in [0.25, 0.3) is 0 Å². The molecule has 0 bridgehead atoms. The first-order valence-electron chi connectivity index (χ1n) is 6.40. The number of hydrogen-bond acceptors (Lipinski definition) is 6. The fourth-order valence-corrected chi connectivity index (χ4v) is 1.57. The Bertz CT molecular complexity index is 638. The minimum Gasteiger partial charge on any atom is -0.423 e. The lowest BCUT2D eigenvalue weighted by molar-refractivity contribution is -0.00776. The van der Waals surface area contributed by atoms with Crippen LogP contribution in [-0.2, 0) is 9.47 Å². The van der Waals surface area contributed by atoms with Crippen molar-refractivity contribution in [3.05, 3.63) is 60.2 Å². The van der Waals surface area contributed by atoms with Crippen molar-refractivity contribution in [3.8, 4) is 11.5 Å². The van der Waals surface area contributed by atoms with Crippen LogP contribution >= 0.6 is 0 Å². The second kappa shape index (κ2) is 7.80. The van der Waals surface area contributed by atoms with Crippen LogP contribution in [0.15, 0.2) is 54.6 Å². The van der Waals surface area contributed by atoms with Gasteiger partial charge in [-0.2, -0.15) is 0 Å². The molecule has 0 saturated carbocycles. The molecule has 114 valence electrons. The number of methoxy groups -OCH3 is 1. The molecule has 0 heterocycles. The summed E-state index contributed by atoms with van der Waals surface area (Å²) < 4.78 is 19.3. The Hall–Kier alpha value is -2.86. The third-order valence-electron chi connectivity index (χ3n) is 2.52. The van der Waals surface area contributed by atoms with E-state index in [0.717, 1.165) is 0 Å². The molecule has 0 aliphatic heterocycles. The molecule has 0 atom stereocenters. The number of carbonyl (C=O) groups is 2. The first kappa shape index (κ1) is 15.5. The number of benzene rings is 2. The Morgan fingerprint density at radius 2 is 1.59 bits per heavy atom. The molecule has 6 nitrogen and oxygen atoms in total. The Morgan fingerprint density at radius 1 is 0.909 bits per heavy atom. The minimum atomic E-state index is -0.909. The molecule has 0 unspecified atom stereocenters. The van der Waals surface area contributed by atoms with E-state index in [2.05, 4.69) is 9.47 Å². The number of esters is 1. The van der Waals surface area contributed by atoms with E-state index in [4.69, 9.17) is 9.47 Å². The molecule has 2 aromatic carbocycles. The summed E-state index contributed by atoms with van der Waals surface area (Å²) in [7, 11) is 1.39. The monoisotopic (exact) mass is 302 g/mol. The molecule has 0 radical (unpaired) electrons. The fourth-order valence-electron chi connectivity index (χ4n) is 1.57. The first-order valence-corrected chi connectivity index (χ1v) is 6.40. The summed E-state index contributed by atoms with van der Waals surface area (Å²) in [5.41, 5.74) is 0.424. The molecule has 22 heavy (non-hydrogen) atoms. The van der Waals surface area contributed by atoms with Gasteiger partial charge in [-0.15, -0.1) is 0 Å². The Balaban J connectivity index is 1.99. The first-order chi connectivity index (χ1) is 10.7. The molecule has 0 spiro atoms. The molecule has 0 aromatic heterocycles. The van der Waals surface area contributed by atoms with E-state index in [9.17, 15) is 9.59 Å². The highest BCUT2D eigenvalue weighted by atomic mass is 16.8. The van der Waals surface area contributed by atoms with Gasteiger partial charge in [0.25, 0.3) is 0 Å². The summed E-state index contributed by atoms with van der Waals surface area (Å²) in [5, 5.41) is 0. The van der Waals surface area contributed by atoms with Crippen LogP contribution in [0.1, 0.15) is 10.4 Å². The highest BCUT2D eigenvalue weighted by Gasteiger charge is 2.10. The van der Waals surface area contributed by atoms with Gasteiger partial charge in [-0.3, -0.25) is 0 Å². The van der Waals surface area contributed by atoms with E-state index in [0.29, 0.717) is 5.56 Å². The Labute approximate surface area is 127 Å². The predicted molar refractivity (Wildman–Crippen MR) is 76.8 cm³/mol. The van der Waals surface area contributed by atoms with Crippen molar-refractivity contribution in [2.45, 2.75) is 0 Å². The molecular weight excluding hydrogens is 288 g/mol. The van der Waals surface area contributed by atoms with Crippen molar-refractivity contribution in [2.24, 2.45) is 0 Å². The van der Waals surface area contributed by atoms with Gasteiger partial charge in [0.15, 0.2) is 6.79 Å². The molecule has 2 aromatic rings. The van der Waals surface area contributed by atoms with Crippen LogP contribution < -0.4 is 9.47 Å². The maximum absolute atomic E-state index is 11.9. The van der Waals surface area contributed by atoms with Gasteiger partial charge in [0.2, 0.25) is 0 Å². The zero-order valence-electron chi connectivity index (χ0n) is 11.9. The minimum absolute atomic E-state index is 0.194. The van der Waals surface area contributed by atoms with Gasteiger partial charge in [-0.05, 0) is 24.3 Å². The smallest absolute Gasteiger partial charge is 0.423 e. The average Bonchev–Trinajstić information content (AvgIpc) is 2.54. The van der Waals surface area contributed by atoms with Gasteiger partial charge in [0.05, 0.1) is 5.56 Å². The van der Waals surface area contributed by atoms with Crippen molar-refractivity contribution in [1.82, 2.24) is 0 Å². The second-order valence-electron chi connectivity index (χ2n) is 4.13. The molecule has 0 aliphatic rings. The summed E-state index contributed by atoms with van der Waals surface area (Å²) in [5.74, 6) is -0.0509. The summed E-state index contributed by atoms with van der Waals surface area (Å²) >= 11 is 0. The van der Waals surface area contributed by atoms with Gasteiger partial charge in [0.1, 0.15) is 11.5 Å². The van der Waals surface area contributed by atoms with E-state index in [1.54, 1.807) is 42.5 Å². The number of carbonyl (C=O) groups excluding carboxylic acids is 2. The third-order valence-corrected chi connectivity index (χ3v) is 2.52. The molecule has 6 heteroatoms. The van der Waals surface area contributed by atoms with Crippen LogP contribution in [-0.4, -0.2) is 26.0 Å². The van der Waals surface area contributed by atoms with E-state index in [-0.39, 0.29) is 18.3 Å². The predicted octanol–water partition coefficient (Wildman–Crippen LogP) is 3.03. The molecule has 0 fully saturated rings. The van der Waals surface area contributed by atoms with E-state index in [1.807, 2.05) is 0 Å². The van der Waals surface area contributed by atoms with Crippen molar-refractivity contribution in [2.75, 3.05) is 13.9 Å². The molecule has 0 N–H and O–H groups in total. The molecule has 0 saturated heterocycles. The summed E-state index contributed by atoms with van der Waals surface area (Å²) in [6.45, 7) is -0.207. The highest BCUT2D eigenvalue weighted by Crippen LogP contribution is 2.20. The second-order valence-corrected chi connectivity index (χ2v) is 4.13. The Kier molecular flexibility index (Phi) is 5.50. The summed E-state index contributed by atoms with van der Waals surface area (Å²) in [6.07, 6.45) is -0.909. The lowest BCUT2D eigenvalue weighted by Crippen LogP contribution is -2.12. The van der Waals surface area contributed by atoms with Gasteiger partial charge < -0.3 is 18.9 Å². The van der Waals surface area contributed by atoms with E-state index < -0.39 is 12.1 Å². The SMILES string of the molecule is COCOC(=O)Oc1cccc(OC(=O)c2ccccc2)c1. The van der Waals surface area contributed by atoms with Crippen LogP contribution in [0.5, 0.6) is 11.5 Å². The lowest BCUT2D eigenvalue weighted by Gasteiger charge is -2.07. The number of rotatable bonds is 5. The van der Waals surface area contributed by atoms with E-state index >= 15 is 0 Å². The molecule has 2 rings (SSSR count). The standard InChI is InChI=1S/C16H14O6/c1-19-11-20-16(18)22-14-9-5-8-13(10-14)21-15(17)12-6-3-2-4-7-12/h2-10H,11H2,1H3. The molecule has 0 amide bonds. The zero-order valence-corrected chi connectivity index (χ0v) is 11.9. The van der Waals surface area contributed by atoms with Crippen molar-refractivity contribution in [1.29, 1.82) is 0 Å². The van der Waals surface area contributed by atoms with Gasteiger partial charge in [-0.25, -0.2) is 9.59 Å². The largest absolute Gasteiger partial charge is 0.515 e.